The second-order valence-electron chi connectivity index (χ2n) is 2.98. The maximum Gasteiger partial charge on any atom is 0.0130 e. The Hall–Kier alpha value is 0.310. The zero-order valence-corrected chi connectivity index (χ0v) is 8.62. The minimum Gasteiger partial charge on any atom is -0.327 e. The molecule has 1 atom stereocenters. The fourth-order valence-electron chi connectivity index (χ4n) is 0.935. The summed E-state index contributed by atoms with van der Waals surface area (Å²) in [5.41, 5.74) is 5.85. The van der Waals surface area contributed by atoms with Gasteiger partial charge in [0, 0.05) is 11.8 Å². The lowest BCUT2D eigenvalue weighted by Crippen LogP contribution is -2.22. The molecule has 68 valence electrons. The molecule has 0 aliphatic heterocycles. The first-order chi connectivity index (χ1) is 5.31. The Balaban J connectivity index is 2.97. The van der Waals surface area contributed by atoms with Gasteiger partial charge in [-0.1, -0.05) is 26.7 Å². The molecule has 2 heteroatoms. The van der Waals surface area contributed by atoms with Crippen molar-refractivity contribution in [3.63, 3.8) is 0 Å². The maximum absolute atomic E-state index is 5.85. The van der Waals surface area contributed by atoms with Gasteiger partial charge < -0.3 is 5.73 Å². The molecule has 0 heterocycles. The molecule has 1 nitrogen and oxygen atoms in total. The van der Waals surface area contributed by atoms with Crippen LogP contribution in [-0.4, -0.2) is 17.5 Å². The number of hydrogen-bond acceptors (Lipinski definition) is 2. The van der Waals surface area contributed by atoms with Crippen molar-refractivity contribution in [1.82, 2.24) is 0 Å². The first kappa shape index (κ1) is 11.3. The SMILES string of the molecule is CCCCSCC(N)CCC. The monoisotopic (exact) mass is 175 g/mol. The van der Waals surface area contributed by atoms with Crippen LogP contribution in [0.4, 0.5) is 0 Å². The lowest BCUT2D eigenvalue weighted by atomic mass is 10.2. The lowest BCUT2D eigenvalue weighted by Gasteiger charge is -2.08. The summed E-state index contributed by atoms with van der Waals surface area (Å²) in [7, 11) is 0. The summed E-state index contributed by atoms with van der Waals surface area (Å²) in [6, 6.07) is 0.432. The molecule has 0 aromatic heterocycles. The van der Waals surface area contributed by atoms with Gasteiger partial charge in [-0.05, 0) is 18.6 Å². The van der Waals surface area contributed by atoms with E-state index in [0.717, 1.165) is 5.75 Å². The fraction of sp³-hybridized carbons (Fsp3) is 1.00. The molecule has 0 saturated heterocycles. The molecule has 0 fully saturated rings. The molecular weight excluding hydrogens is 154 g/mol. The summed E-state index contributed by atoms with van der Waals surface area (Å²) < 4.78 is 0. The van der Waals surface area contributed by atoms with Gasteiger partial charge in [0.2, 0.25) is 0 Å². The van der Waals surface area contributed by atoms with Crippen molar-refractivity contribution in [3.05, 3.63) is 0 Å². The number of thioether (sulfide) groups is 1. The quantitative estimate of drug-likeness (QED) is 0.602. The van der Waals surface area contributed by atoms with Gasteiger partial charge >= 0.3 is 0 Å². The topological polar surface area (TPSA) is 26.0 Å². The molecule has 0 amide bonds. The Labute approximate surface area is 75.1 Å². The highest BCUT2D eigenvalue weighted by Crippen LogP contribution is 2.07. The van der Waals surface area contributed by atoms with Gasteiger partial charge in [-0.3, -0.25) is 0 Å². The highest BCUT2D eigenvalue weighted by Gasteiger charge is 1.99. The molecule has 11 heavy (non-hydrogen) atoms. The molecule has 0 aromatic rings. The molecule has 0 bridgehead atoms. The summed E-state index contributed by atoms with van der Waals surface area (Å²) in [6.45, 7) is 4.42. The molecule has 0 saturated carbocycles. The van der Waals surface area contributed by atoms with Crippen molar-refractivity contribution < 1.29 is 0 Å². The van der Waals surface area contributed by atoms with E-state index < -0.39 is 0 Å². The van der Waals surface area contributed by atoms with Gasteiger partial charge in [0.1, 0.15) is 0 Å². The van der Waals surface area contributed by atoms with Crippen LogP contribution in [-0.2, 0) is 0 Å². The normalized spacial score (nSPS) is 13.4. The Morgan fingerprint density at radius 3 is 2.55 bits per heavy atom. The molecule has 0 aromatic carbocycles. The van der Waals surface area contributed by atoms with E-state index in [2.05, 4.69) is 13.8 Å². The van der Waals surface area contributed by atoms with Gasteiger partial charge in [0.25, 0.3) is 0 Å². The Bertz CT molecular complexity index is 76.0. The second kappa shape index (κ2) is 8.41. The van der Waals surface area contributed by atoms with Crippen molar-refractivity contribution in [2.75, 3.05) is 11.5 Å². The first-order valence-electron chi connectivity index (χ1n) is 4.64. The van der Waals surface area contributed by atoms with Gasteiger partial charge in [-0.2, -0.15) is 11.8 Å². The number of nitrogens with two attached hydrogens (primary N) is 1. The highest BCUT2D eigenvalue weighted by molar-refractivity contribution is 7.99. The molecule has 0 radical (unpaired) electrons. The molecule has 0 rings (SSSR count). The Morgan fingerprint density at radius 2 is 2.00 bits per heavy atom. The molecule has 0 spiro atoms. The summed E-state index contributed by atoms with van der Waals surface area (Å²) >= 11 is 2.00. The van der Waals surface area contributed by atoms with Crippen molar-refractivity contribution >= 4 is 11.8 Å². The van der Waals surface area contributed by atoms with Crippen LogP contribution in [0.1, 0.15) is 39.5 Å². The predicted molar refractivity (Wildman–Crippen MR) is 55.1 cm³/mol. The van der Waals surface area contributed by atoms with Crippen LogP contribution in [0.25, 0.3) is 0 Å². The average Bonchev–Trinajstić information content (AvgIpc) is 1.99. The lowest BCUT2D eigenvalue weighted by molar-refractivity contribution is 0.660. The largest absolute Gasteiger partial charge is 0.327 e. The summed E-state index contributed by atoms with van der Waals surface area (Å²) in [6.07, 6.45) is 5.04. The molecular formula is C9H21NS. The molecule has 1 unspecified atom stereocenters. The first-order valence-corrected chi connectivity index (χ1v) is 5.80. The minimum atomic E-state index is 0.432. The van der Waals surface area contributed by atoms with Gasteiger partial charge in [-0.15, -0.1) is 0 Å². The van der Waals surface area contributed by atoms with E-state index in [-0.39, 0.29) is 0 Å². The van der Waals surface area contributed by atoms with E-state index in [1.807, 2.05) is 11.8 Å². The van der Waals surface area contributed by atoms with E-state index in [1.165, 1.54) is 31.4 Å². The predicted octanol–water partition coefficient (Wildman–Crippen LogP) is 2.65. The van der Waals surface area contributed by atoms with Crippen molar-refractivity contribution in [1.29, 1.82) is 0 Å². The highest BCUT2D eigenvalue weighted by atomic mass is 32.2. The standard InChI is InChI=1S/C9H21NS/c1-3-5-7-11-8-9(10)6-4-2/h9H,3-8,10H2,1-2H3. The third-order valence-corrected chi connectivity index (χ3v) is 2.87. The number of unbranched alkanes of at least 4 members (excludes halogenated alkanes) is 1. The minimum absolute atomic E-state index is 0.432. The van der Waals surface area contributed by atoms with Gasteiger partial charge in [0.15, 0.2) is 0 Å². The van der Waals surface area contributed by atoms with Crippen LogP contribution in [0, 0.1) is 0 Å². The van der Waals surface area contributed by atoms with Crippen LogP contribution in [0.2, 0.25) is 0 Å². The second-order valence-corrected chi connectivity index (χ2v) is 4.13. The zero-order chi connectivity index (χ0) is 8.53. The fourth-order valence-corrected chi connectivity index (χ4v) is 2.06. The maximum atomic E-state index is 5.85. The smallest absolute Gasteiger partial charge is 0.0130 e. The van der Waals surface area contributed by atoms with Crippen molar-refractivity contribution in [2.24, 2.45) is 5.73 Å². The third-order valence-electron chi connectivity index (χ3n) is 1.63. The molecule has 2 N–H and O–H groups in total. The van der Waals surface area contributed by atoms with E-state index in [4.69, 9.17) is 5.73 Å². The Kier molecular flexibility index (Phi) is 8.64. The summed E-state index contributed by atoms with van der Waals surface area (Å²) in [4.78, 5) is 0. The van der Waals surface area contributed by atoms with E-state index >= 15 is 0 Å². The zero-order valence-electron chi connectivity index (χ0n) is 7.81. The third kappa shape index (κ3) is 8.21. The van der Waals surface area contributed by atoms with Gasteiger partial charge in [-0.25, -0.2) is 0 Å². The van der Waals surface area contributed by atoms with Gasteiger partial charge in [0.05, 0.1) is 0 Å². The van der Waals surface area contributed by atoms with Crippen LogP contribution in [0.15, 0.2) is 0 Å². The van der Waals surface area contributed by atoms with Crippen LogP contribution < -0.4 is 5.73 Å². The number of hydrogen-bond donors (Lipinski definition) is 1. The van der Waals surface area contributed by atoms with Crippen molar-refractivity contribution in [3.8, 4) is 0 Å². The van der Waals surface area contributed by atoms with E-state index in [9.17, 15) is 0 Å². The number of rotatable bonds is 7. The summed E-state index contributed by atoms with van der Waals surface area (Å²) in [5.74, 6) is 2.43. The molecule has 0 aliphatic rings. The summed E-state index contributed by atoms with van der Waals surface area (Å²) in [5, 5.41) is 0. The molecule has 0 aliphatic carbocycles. The Morgan fingerprint density at radius 1 is 1.27 bits per heavy atom. The van der Waals surface area contributed by atoms with Crippen LogP contribution >= 0.6 is 11.8 Å². The van der Waals surface area contributed by atoms with Crippen molar-refractivity contribution in [2.45, 2.75) is 45.6 Å². The van der Waals surface area contributed by atoms with E-state index in [0.29, 0.717) is 6.04 Å². The average molecular weight is 175 g/mol. The van der Waals surface area contributed by atoms with E-state index in [1.54, 1.807) is 0 Å². The van der Waals surface area contributed by atoms with Crippen LogP contribution in [0.5, 0.6) is 0 Å². The van der Waals surface area contributed by atoms with Crippen LogP contribution in [0.3, 0.4) is 0 Å².